The number of anilines is 1. The number of amides is 1. The molecule has 0 bridgehead atoms. The van der Waals surface area contributed by atoms with Crippen LogP contribution in [0.2, 0.25) is 0 Å². The van der Waals surface area contributed by atoms with E-state index in [0.717, 1.165) is 5.56 Å². The molecule has 7 nitrogen and oxygen atoms in total. The number of oxazole rings is 1. The summed E-state index contributed by atoms with van der Waals surface area (Å²) in [6.07, 6.45) is 1.31. The molecule has 7 heteroatoms. The normalized spacial score (nSPS) is 10.4. The lowest BCUT2D eigenvalue weighted by molar-refractivity contribution is 0.0946. The minimum absolute atomic E-state index is 0.179. The van der Waals surface area contributed by atoms with E-state index in [4.69, 9.17) is 19.6 Å². The quantitative estimate of drug-likeness (QED) is 0.661. The van der Waals surface area contributed by atoms with Crippen molar-refractivity contribution in [1.82, 2.24) is 10.3 Å². The van der Waals surface area contributed by atoms with Gasteiger partial charge < -0.3 is 24.9 Å². The standard InChI is InChI=1S/C19H19N3O4/c1-24-13-7-12(8-14(9-13)25-2)10-21-18(23)17-11-26-19(22-17)15-5-3-4-6-16(15)20/h3-9,11H,10,20H2,1-2H3,(H,21,23). The molecule has 0 aliphatic rings. The number of ether oxygens (including phenoxy) is 2. The molecule has 0 saturated heterocycles. The van der Waals surface area contributed by atoms with E-state index in [1.54, 1.807) is 32.4 Å². The first-order valence-electron chi connectivity index (χ1n) is 7.91. The zero-order valence-corrected chi connectivity index (χ0v) is 14.5. The summed E-state index contributed by atoms with van der Waals surface area (Å²) in [4.78, 5) is 16.5. The minimum Gasteiger partial charge on any atom is -0.497 e. The zero-order valence-electron chi connectivity index (χ0n) is 14.5. The molecule has 0 radical (unpaired) electrons. The van der Waals surface area contributed by atoms with Crippen LogP contribution in [0.4, 0.5) is 5.69 Å². The van der Waals surface area contributed by atoms with Crippen LogP contribution in [-0.2, 0) is 6.54 Å². The Balaban J connectivity index is 1.71. The van der Waals surface area contributed by atoms with Crippen LogP contribution < -0.4 is 20.5 Å². The maximum Gasteiger partial charge on any atom is 0.273 e. The number of nitrogens with two attached hydrogens (primary N) is 1. The van der Waals surface area contributed by atoms with Gasteiger partial charge in [-0.25, -0.2) is 4.98 Å². The molecular formula is C19H19N3O4. The molecule has 2 aromatic carbocycles. The number of methoxy groups -OCH3 is 2. The van der Waals surface area contributed by atoms with Crippen LogP contribution in [0.5, 0.6) is 11.5 Å². The highest BCUT2D eigenvalue weighted by atomic mass is 16.5. The van der Waals surface area contributed by atoms with Gasteiger partial charge in [0.2, 0.25) is 5.89 Å². The average Bonchev–Trinajstić information content (AvgIpc) is 3.16. The molecule has 0 spiro atoms. The SMILES string of the molecule is COc1cc(CNC(=O)c2coc(-c3ccccc3N)n2)cc(OC)c1. The number of aromatic nitrogens is 1. The Bertz CT molecular complexity index is 898. The van der Waals surface area contributed by atoms with E-state index in [-0.39, 0.29) is 11.6 Å². The van der Waals surface area contributed by atoms with Gasteiger partial charge in [-0.15, -0.1) is 0 Å². The van der Waals surface area contributed by atoms with Crippen molar-refractivity contribution in [3.8, 4) is 23.0 Å². The molecule has 0 aliphatic heterocycles. The van der Waals surface area contributed by atoms with E-state index in [1.165, 1.54) is 6.26 Å². The minimum atomic E-state index is -0.351. The molecule has 3 rings (SSSR count). The summed E-state index contributed by atoms with van der Waals surface area (Å²) in [7, 11) is 3.15. The third-order valence-corrected chi connectivity index (χ3v) is 3.79. The van der Waals surface area contributed by atoms with Gasteiger partial charge in [-0.3, -0.25) is 4.79 Å². The fourth-order valence-electron chi connectivity index (χ4n) is 2.43. The maximum absolute atomic E-state index is 12.3. The summed E-state index contributed by atoms with van der Waals surface area (Å²) in [6, 6.07) is 12.6. The third-order valence-electron chi connectivity index (χ3n) is 3.79. The Hall–Kier alpha value is -3.48. The predicted octanol–water partition coefficient (Wildman–Crippen LogP) is 2.87. The molecule has 0 fully saturated rings. The Kier molecular flexibility index (Phi) is 5.07. The van der Waals surface area contributed by atoms with Gasteiger partial charge in [0.1, 0.15) is 17.8 Å². The van der Waals surface area contributed by atoms with Gasteiger partial charge in [0.05, 0.1) is 19.8 Å². The lowest BCUT2D eigenvalue weighted by atomic mass is 10.2. The van der Waals surface area contributed by atoms with Crippen molar-refractivity contribution in [3.63, 3.8) is 0 Å². The number of carbonyl (C=O) groups is 1. The number of benzene rings is 2. The predicted molar refractivity (Wildman–Crippen MR) is 97.1 cm³/mol. The van der Waals surface area contributed by atoms with Crippen LogP contribution in [0.1, 0.15) is 16.1 Å². The smallest absolute Gasteiger partial charge is 0.273 e. The first-order valence-corrected chi connectivity index (χ1v) is 7.91. The molecule has 1 aromatic heterocycles. The third kappa shape index (κ3) is 3.77. The van der Waals surface area contributed by atoms with E-state index in [9.17, 15) is 4.79 Å². The first kappa shape index (κ1) is 17.3. The van der Waals surface area contributed by atoms with E-state index < -0.39 is 0 Å². The average molecular weight is 353 g/mol. The van der Waals surface area contributed by atoms with Crippen LogP contribution in [-0.4, -0.2) is 25.1 Å². The number of hydrogen-bond donors (Lipinski definition) is 2. The van der Waals surface area contributed by atoms with Gasteiger partial charge in [-0.1, -0.05) is 12.1 Å². The molecule has 0 aliphatic carbocycles. The number of nitrogen functional groups attached to an aromatic ring is 1. The Morgan fingerprint density at radius 3 is 2.50 bits per heavy atom. The molecule has 3 aromatic rings. The lowest BCUT2D eigenvalue weighted by Gasteiger charge is -2.09. The Morgan fingerprint density at radius 1 is 1.15 bits per heavy atom. The van der Waals surface area contributed by atoms with Crippen molar-refractivity contribution in [3.05, 3.63) is 60.0 Å². The van der Waals surface area contributed by atoms with E-state index in [2.05, 4.69) is 10.3 Å². The monoisotopic (exact) mass is 353 g/mol. The maximum atomic E-state index is 12.3. The highest BCUT2D eigenvalue weighted by Gasteiger charge is 2.15. The van der Waals surface area contributed by atoms with Gasteiger partial charge in [-0.2, -0.15) is 0 Å². The van der Waals surface area contributed by atoms with E-state index in [1.807, 2.05) is 24.3 Å². The van der Waals surface area contributed by atoms with Gasteiger partial charge >= 0.3 is 0 Å². The topological polar surface area (TPSA) is 99.6 Å². The first-order chi connectivity index (χ1) is 12.6. The van der Waals surface area contributed by atoms with Gasteiger partial charge in [0, 0.05) is 18.3 Å². The van der Waals surface area contributed by atoms with E-state index >= 15 is 0 Å². The molecule has 0 saturated carbocycles. The molecule has 0 atom stereocenters. The fourth-order valence-corrected chi connectivity index (χ4v) is 2.43. The summed E-state index contributed by atoms with van der Waals surface area (Å²) < 4.78 is 15.8. The number of para-hydroxylation sites is 1. The second-order valence-electron chi connectivity index (χ2n) is 5.53. The molecule has 26 heavy (non-hydrogen) atoms. The van der Waals surface area contributed by atoms with Crippen molar-refractivity contribution < 1.29 is 18.7 Å². The van der Waals surface area contributed by atoms with Gasteiger partial charge in [0.15, 0.2) is 5.69 Å². The molecule has 0 unspecified atom stereocenters. The van der Waals surface area contributed by atoms with Crippen LogP contribution in [0.3, 0.4) is 0 Å². The van der Waals surface area contributed by atoms with Crippen molar-refractivity contribution >= 4 is 11.6 Å². The molecule has 3 N–H and O–H groups in total. The summed E-state index contributed by atoms with van der Waals surface area (Å²) in [6.45, 7) is 0.294. The van der Waals surface area contributed by atoms with Crippen molar-refractivity contribution in [1.29, 1.82) is 0 Å². The largest absolute Gasteiger partial charge is 0.497 e. The molecule has 134 valence electrons. The fraction of sp³-hybridized carbons (Fsp3) is 0.158. The highest BCUT2D eigenvalue weighted by Crippen LogP contribution is 2.25. The summed E-state index contributed by atoms with van der Waals surface area (Å²) >= 11 is 0. The van der Waals surface area contributed by atoms with Crippen LogP contribution in [0.25, 0.3) is 11.5 Å². The lowest BCUT2D eigenvalue weighted by Crippen LogP contribution is -2.23. The number of nitrogens with zero attached hydrogens (tertiary/aromatic N) is 1. The number of rotatable bonds is 6. The van der Waals surface area contributed by atoms with Crippen molar-refractivity contribution in [2.45, 2.75) is 6.54 Å². The molecule has 1 amide bonds. The highest BCUT2D eigenvalue weighted by molar-refractivity contribution is 5.92. The van der Waals surface area contributed by atoms with Gasteiger partial charge in [0.25, 0.3) is 5.91 Å². The van der Waals surface area contributed by atoms with Crippen molar-refractivity contribution in [2.75, 3.05) is 20.0 Å². The summed E-state index contributed by atoms with van der Waals surface area (Å²) in [5.41, 5.74) is 8.10. The number of nitrogens with one attached hydrogen (secondary N) is 1. The van der Waals surface area contributed by atoms with Crippen molar-refractivity contribution in [2.24, 2.45) is 0 Å². The second kappa shape index (κ2) is 7.60. The van der Waals surface area contributed by atoms with Crippen LogP contribution in [0.15, 0.2) is 53.1 Å². The van der Waals surface area contributed by atoms with Crippen LogP contribution >= 0.6 is 0 Å². The molecular weight excluding hydrogens is 334 g/mol. The second-order valence-corrected chi connectivity index (χ2v) is 5.53. The number of hydrogen-bond acceptors (Lipinski definition) is 6. The number of carbonyl (C=O) groups excluding carboxylic acids is 1. The van der Waals surface area contributed by atoms with E-state index in [0.29, 0.717) is 35.2 Å². The van der Waals surface area contributed by atoms with Gasteiger partial charge in [-0.05, 0) is 29.8 Å². The summed E-state index contributed by atoms with van der Waals surface area (Å²) in [5.74, 6) is 1.25. The zero-order chi connectivity index (χ0) is 18.5. The van der Waals surface area contributed by atoms with Crippen LogP contribution in [0, 0.1) is 0 Å². The molecule has 1 heterocycles. The Labute approximate surface area is 150 Å². The summed E-state index contributed by atoms with van der Waals surface area (Å²) in [5, 5.41) is 2.79. The Morgan fingerprint density at radius 2 is 1.85 bits per heavy atom.